The first-order valence-electron chi connectivity index (χ1n) is 6.31. The van der Waals surface area contributed by atoms with Crippen molar-refractivity contribution in [1.82, 2.24) is 0 Å². The van der Waals surface area contributed by atoms with Crippen molar-refractivity contribution in [2.75, 3.05) is 17.1 Å². The third-order valence-corrected chi connectivity index (χ3v) is 4.41. The van der Waals surface area contributed by atoms with E-state index >= 15 is 0 Å². The van der Waals surface area contributed by atoms with Crippen LogP contribution in [0.25, 0.3) is 0 Å². The Hall–Kier alpha value is -1.87. The van der Waals surface area contributed by atoms with E-state index in [0.717, 1.165) is 18.6 Å². The number of oxime groups is 1. The van der Waals surface area contributed by atoms with Crippen LogP contribution in [0.3, 0.4) is 0 Å². The van der Waals surface area contributed by atoms with Crippen molar-refractivity contribution in [2.24, 2.45) is 10.9 Å². The zero-order valence-corrected chi connectivity index (χ0v) is 11.9. The van der Waals surface area contributed by atoms with Gasteiger partial charge in [-0.25, -0.2) is 12.8 Å². The summed E-state index contributed by atoms with van der Waals surface area (Å²) in [6.45, 7) is 0.560. The summed E-state index contributed by atoms with van der Waals surface area (Å²) < 4.78 is 45.1. The van der Waals surface area contributed by atoms with Crippen molar-refractivity contribution in [2.45, 2.75) is 18.9 Å². The van der Waals surface area contributed by atoms with Crippen LogP contribution in [-0.2, 0) is 14.8 Å². The summed E-state index contributed by atoms with van der Waals surface area (Å²) >= 11 is 0. The fourth-order valence-corrected chi connectivity index (χ4v) is 3.40. The highest BCUT2D eigenvalue weighted by Gasteiger charge is 2.23. The molecule has 0 aliphatic carbocycles. The van der Waals surface area contributed by atoms with E-state index in [0.29, 0.717) is 13.0 Å². The average Bonchev–Trinajstić information content (AvgIpc) is 2.91. The molecule has 0 spiro atoms. The topological polar surface area (TPSA) is 114 Å². The normalized spacial score (nSPS) is 19.7. The molecule has 1 heterocycles. The van der Waals surface area contributed by atoms with E-state index in [4.69, 9.17) is 15.7 Å². The minimum Gasteiger partial charge on any atom is -0.409 e. The smallest absolute Gasteiger partial charge is 0.235 e. The van der Waals surface area contributed by atoms with Crippen molar-refractivity contribution in [3.63, 3.8) is 0 Å². The summed E-state index contributed by atoms with van der Waals surface area (Å²) in [4.78, 5) is 0. The Morgan fingerprint density at radius 1 is 1.57 bits per heavy atom. The van der Waals surface area contributed by atoms with Crippen molar-refractivity contribution in [3.05, 3.63) is 29.6 Å². The van der Waals surface area contributed by atoms with Gasteiger partial charge in [0.05, 0.1) is 17.4 Å². The highest BCUT2D eigenvalue weighted by Crippen LogP contribution is 2.18. The van der Waals surface area contributed by atoms with Gasteiger partial charge in [-0.3, -0.25) is 4.72 Å². The number of benzene rings is 1. The second-order valence-electron chi connectivity index (χ2n) is 4.70. The number of nitrogens with two attached hydrogens (primary N) is 1. The first-order valence-corrected chi connectivity index (χ1v) is 7.96. The van der Waals surface area contributed by atoms with Gasteiger partial charge in [0.1, 0.15) is 5.82 Å². The van der Waals surface area contributed by atoms with Gasteiger partial charge in [0, 0.05) is 12.3 Å². The minimum atomic E-state index is -3.62. The summed E-state index contributed by atoms with van der Waals surface area (Å²) in [6.07, 6.45) is 1.20. The summed E-state index contributed by atoms with van der Waals surface area (Å²) in [6, 6.07) is 3.46. The quantitative estimate of drug-likeness (QED) is 0.322. The maximum Gasteiger partial charge on any atom is 0.235 e. The minimum absolute atomic E-state index is 0.135. The Bertz CT molecular complexity index is 642. The van der Waals surface area contributed by atoms with Crippen LogP contribution in [0.5, 0.6) is 0 Å². The summed E-state index contributed by atoms with van der Waals surface area (Å²) in [7, 11) is -3.62. The molecule has 0 amide bonds. The van der Waals surface area contributed by atoms with Crippen LogP contribution in [0.1, 0.15) is 18.4 Å². The Balaban J connectivity index is 2.15. The number of hydrogen-bond donors (Lipinski definition) is 3. The third kappa shape index (κ3) is 4.05. The number of anilines is 1. The molecule has 1 unspecified atom stereocenters. The molecule has 1 aromatic carbocycles. The maximum absolute atomic E-state index is 13.5. The number of halogens is 1. The molecule has 0 bridgehead atoms. The molecule has 0 aromatic heterocycles. The highest BCUT2D eigenvalue weighted by atomic mass is 32.2. The predicted octanol–water partition coefficient (Wildman–Crippen LogP) is 0.841. The van der Waals surface area contributed by atoms with Gasteiger partial charge in [-0.2, -0.15) is 0 Å². The highest BCUT2D eigenvalue weighted by molar-refractivity contribution is 7.92. The number of rotatable bonds is 5. The molecule has 1 aromatic rings. The number of sulfonamides is 1. The van der Waals surface area contributed by atoms with E-state index in [1.165, 1.54) is 6.07 Å². The van der Waals surface area contributed by atoms with Gasteiger partial charge in [-0.1, -0.05) is 5.16 Å². The fraction of sp³-hybridized carbons (Fsp3) is 0.417. The third-order valence-electron chi connectivity index (χ3n) is 3.05. The van der Waals surface area contributed by atoms with E-state index in [1.54, 1.807) is 0 Å². The zero-order chi connectivity index (χ0) is 15.5. The largest absolute Gasteiger partial charge is 0.409 e. The van der Waals surface area contributed by atoms with Crippen LogP contribution in [0.15, 0.2) is 23.4 Å². The van der Waals surface area contributed by atoms with E-state index in [1.807, 2.05) is 0 Å². The second-order valence-corrected chi connectivity index (χ2v) is 6.47. The molecule has 4 N–H and O–H groups in total. The number of hydrogen-bond acceptors (Lipinski definition) is 5. The van der Waals surface area contributed by atoms with Crippen LogP contribution < -0.4 is 10.5 Å². The fourth-order valence-electron chi connectivity index (χ4n) is 2.08. The van der Waals surface area contributed by atoms with Crippen LogP contribution >= 0.6 is 0 Å². The molecular formula is C12H16FN3O4S. The first kappa shape index (κ1) is 15.5. The summed E-state index contributed by atoms with van der Waals surface area (Å²) in [5.41, 5.74) is 5.27. The van der Waals surface area contributed by atoms with Gasteiger partial charge in [0.2, 0.25) is 10.0 Å². The molecule has 1 saturated heterocycles. The standard InChI is InChI=1S/C12H16FN3O4S/c13-11-4-3-8(6-10(11)12(14)15-17)16-21(18,19)7-9-2-1-5-20-9/h3-4,6,9,16-17H,1-2,5,7H2,(H2,14,15). The molecule has 21 heavy (non-hydrogen) atoms. The van der Waals surface area contributed by atoms with E-state index < -0.39 is 21.7 Å². The molecule has 0 saturated carbocycles. The van der Waals surface area contributed by atoms with Gasteiger partial charge < -0.3 is 15.7 Å². The first-order chi connectivity index (χ1) is 9.91. The molecule has 116 valence electrons. The molecule has 9 heteroatoms. The van der Waals surface area contributed by atoms with E-state index in [9.17, 15) is 12.8 Å². The molecule has 1 atom stereocenters. The average molecular weight is 317 g/mol. The monoisotopic (exact) mass is 317 g/mol. The molecule has 7 nitrogen and oxygen atoms in total. The second kappa shape index (κ2) is 6.27. The SMILES string of the molecule is NC(=NO)c1cc(NS(=O)(=O)CC2CCCO2)ccc1F. The molecule has 1 aliphatic rings. The van der Waals surface area contributed by atoms with Crippen molar-refractivity contribution in [1.29, 1.82) is 0 Å². The van der Waals surface area contributed by atoms with E-state index in [2.05, 4.69) is 9.88 Å². The number of nitrogens with one attached hydrogen (secondary N) is 1. The lowest BCUT2D eigenvalue weighted by Crippen LogP contribution is -2.26. The Kier molecular flexibility index (Phi) is 4.63. The molecule has 2 rings (SSSR count). The Labute approximate surface area is 121 Å². The predicted molar refractivity (Wildman–Crippen MR) is 75.3 cm³/mol. The van der Waals surface area contributed by atoms with Crippen molar-refractivity contribution >= 4 is 21.5 Å². The Morgan fingerprint density at radius 2 is 2.33 bits per heavy atom. The molecular weight excluding hydrogens is 301 g/mol. The van der Waals surface area contributed by atoms with Crippen LogP contribution in [0, 0.1) is 5.82 Å². The maximum atomic E-state index is 13.5. The van der Waals surface area contributed by atoms with E-state index in [-0.39, 0.29) is 23.1 Å². The number of ether oxygens (including phenoxy) is 1. The van der Waals surface area contributed by atoms with Gasteiger partial charge in [0.25, 0.3) is 0 Å². The van der Waals surface area contributed by atoms with Crippen LogP contribution in [0.4, 0.5) is 10.1 Å². The lowest BCUT2D eigenvalue weighted by atomic mass is 10.2. The molecule has 1 fully saturated rings. The number of amidine groups is 1. The van der Waals surface area contributed by atoms with Crippen LogP contribution in [-0.4, -0.2) is 37.9 Å². The van der Waals surface area contributed by atoms with Crippen LogP contribution in [0.2, 0.25) is 0 Å². The summed E-state index contributed by atoms with van der Waals surface area (Å²) in [5, 5.41) is 11.3. The molecule has 1 aliphatic heterocycles. The van der Waals surface area contributed by atoms with Gasteiger partial charge >= 0.3 is 0 Å². The zero-order valence-electron chi connectivity index (χ0n) is 11.1. The van der Waals surface area contributed by atoms with Gasteiger partial charge in [0.15, 0.2) is 5.84 Å². The Morgan fingerprint density at radius 3 is 2.95 bits per heavy atom. The lowest BCUT2D eigenvalue weighted by molar-refractivity contribution is 0.127. The number of nitrogens with zero attached hydrogens (tertiary/aromatic N) is 1. The van der Waals surface area contributed by atoms with Crippen molar-refractivity contribution < 1.29 is 22.8 Å². The van der Waals surface area contributed by atoms with Gasteiger partial charge in [-0.05, 0) is 31.0 Å². The molecule has 0 radical (unpaired) electrons. The van der Waals surface area contributed by atoms with Gasteiger partial charge in [-0.15, -0.1) is 0 Å². The lowest BCUT2D eigenvalue weighted by Gasteiger charge is -2.13. The summed E-state index contributed by atoms with van der Waals surface area (Å²) in [5.74, 6) is -1.32. The van der Waals surface area contributed by atoms with Crippen molar-refractivity contribution in [3.8, 4) is 0 Å².